The number of benzene rings is 1. The van der Waals surface area contributed by atoms with E-state index in [2.05, 4.69) is 50.5 Å². The summed E-state index contributed by atoms with van der Waals surface area (Å²) in [5.41, 5.74) is 2.00. The number of amides is 1. The summed E-state index contributed by atoms with van der Waals surface area (Å²) >= 11 is 1.47. The first-order valence-electron chi connectivity index (χ1n) is 12.3. The van der Waals surface area contributed by atoms with E-state index in [0.29, 0.717) is 28.7 Å². The maximum absolute atomic E-state index is 12.3. The van der Waals surface area contributed by atoms with Gasteiger partial charge in [0.1, 0.15) is 5.84 Å². The molecule has 1 aromatic carbocycles. The van der Waals surface area contributed by atoms with Gasteiger partial charge in [-0.15, -0.1) is 0 Å². The number of amidine groups is 1. The molecule has 1 aliphatic carbocycles. The zero-order valence-corrected chi connectivity index (χ0v) is 21.1. The van der Waals surface area contributed by atoms with Crippen LogP contribution < -0.4 is 15.5 Å². The van der Waals surface area contributed by atoms with Crippen molar-refractivity contribution in [1.29, 1.82) is 0 Å². The van der Waals surface area contributed by atoms with E-state index in [4.69, 9.17) is 9.97 Å². The minimum Gasteiger partial charge on any atom is -0.349 e. The summed E-state index contributed by atoms with van der Waals surface area (Å²) in [7, 11) is 2.13. The lowest BCUT2D eigenvalue weighted by Gasteiger charge is -2.32. The van der Waals surface area contributed by atoms with Gasteiger partial charge in [0.15, 0.2) is 5.16 Å². The number of anilines is 2. The van der Waals surface area contributed by atoms with E-state index in [9.17, 15) is 4.79 Å². The second-order valence-electron chi connectivity index (χ2n) is 9.29. The Morgan fingerprint density at radius 2 is 1.86 bits per heavy atom. The average Bonchev–Trinajstić information content (AvgIpc) is 3.57. The lowest BCUT2D eigenvalue weighted by Crippen LogP contribution is -2.45. The highest BCUT2D eigenvalue weighted by molar-refractivity contribution is 7.99. The number of hydrogen-bond acceptors (Lipinski definition) is 9. The van der Waals surface area contributed by atoms with Gasteiger partial charge < -0.3 is 20.4 Å². The van der Waals surface area contributed by atoms with E-state index >= 15 is 0 Å². The largest absolute Gasteiger partial charge is 0.349 e. The number of carbonyl (C=O) groups is 1. The molecule has 10 heteroatoms. The first kappa shape index (κ1) is 23.7. The number of aliphatic imine (C=N–C) groups is 1. The minimum absolute atomic E-state index is 0.0131. The maximum atomic E-state index is 12.3. The zero-order chi connectivity index (χ0) is 24.2. The summed E-state index contributed by atoms with van der Waals surface area (Å²) in [5.74, 6) is 1.96. The molecule has 3 aliphatic rings. The molecule has 1 aromatic heterocycles. The van der Waals surface area contributed by atoms with E-state index in [0.717, 1.165) is 69.1 Å². The third-order valence-electron chi connectivity index (χ3n) is 6.23. The van der Waals surface area contributed by atoms with Crippen molar-refractivity contribution in [3.63, 3.8) is 0 Å². The van der Waals surface area contributed by atoms with Crippen molar-refractivity contribution in [2.75, 3.05) is 50.0 Å². The first-order valence-corrected chi connectivity index (χ1v) is 13.2. The number of piperazine rings is 1. The molecule has 0 bridgehead atoms. The third-order valence-corrected chi connectivity index (χ3v) is 7.10. The van der Waals surface area contributed by atoms with Crippen LogP contribution in [0.1, 0.15) is 43.0 Å². The highest BCUT2D eigenvalue weighted by atomic mass is 32.2. The van der Waals surface area contributed by atoms with E-state index in [1.165, 1.54) is 17.3 Å². The maximum Gasteiger partial charge on any atom is 0.251 e. The van der Waals surface area contributed by atoms with E-state index < -0.39 is 0 Å². The summed E-state index contributed by atoms with van der Waals surface area (Å²) < 4.78 is 0. The van der Waals surface area contributed by atoms with Crippen molar-refractivity contribution in [3.8, 4) is 0 Å². The van der Waals surface area contributed by atoms with Gasteiger partial charge >= 0.3 is 0 Å². The highest BCUT2D eigenvalue weighted by Crippen LogP contribution is 2.28. The Bertz CT molecular complexity index is 1120. The van der Waals surface area contributed by atoms with Crippen LogP contribution in [-0.4, -0.2) is 77.4 Å². The van der Waals surface area contributed by atoms with Crippen molar-refractivity contribution in [1.82, 2.24) is 25.2 Å². The molecule has 9 nitrogen and oxygen atoms in total. The standard InChI is InChI=1S/C25H32N8OS/c1-3-4-17-15-21(26-16-17)28-23-29-24(33-13-11-32(2)12-14-33)31-25(30-23)35-20-9-5-18(6-10-20)22(34)27-19-7-8-19/h5-6,9-10,15,19H,3-4,7-8,11-14,16H2,1-2H3,(H,27,34)(H,26,28,29,30,31). The van der Waals surface area contributed by atoms with Crippen LogP contribution in [0.3, 0.4) is 0 Å². The summed E-state index contributed by atoms with van der Waals surface area (Å²) in [6, 6.07) is 7.95. The van der Waals surface area contributed by atoms with Crippen molar-refractivity contribution < 1.29 is 4.79 Å². The van der Waals surface area contributed by atoms with Gasteiger partial charge in [-0.25, -0.2) is 0 Å². The molecule has 2 aromatic rings. The van der Waals surface area contributed by atoms with Crippen LogP contribution in [0, 0.1) is 0 Å². The van der Waals surface area contributed by atoms with E-state index in [-0.39, 0.29) is 5.91 Å². The zero-order valence-electron chi connectivity index (χ0n) is 20.3. The summed E-state index contributed by atoms with van der Waals surface area (Å²) in [6.45, 7) is 6.59. The Kier molecular flexibility index (Phi) is 7.29. The Hall–Kier alpha value is -2.98. The fourth-order valence-corrected chi connectivity index (χ4v) is 4.75. The van der Waals surface area contributed by atoms with Crippen LogP contribution in [0.4, 0.5) is 11.9 Å². The molecule has 0 unspecified atom stereocenters. The van der Waals surface area contributed by atoms with Gasteiger partial charge in [-0.2, -0.15) is 15.0 Å². The lowest BCUT2D eigenvalue weighted by molar-refractivity contribution is 0.0951. The fourth-order valence-electron chi connectivity index (χ4n) is 4.01. The second-order valence-corrected chi connectivity index (χ2v) is 10.3. The van der Waals surface area contributed by atoms with Crippen LogP contribution in [0.15, 0.2) is 51.0 Å². The molecular weight excluding hydrogens is 460 g/mol. The van der Waals surface area contributed by atoms with Gasteiger partial charge in [-0.3, -0.25) is 9.79 Å². The quantitative estimate of drug-likeness (QED) is 0.580. The molecule has 1 saturated carbocycles. The van der Waals surface area contributed by atoms with Gasteiger partial charge in [0.25, 0.3) is 5.91 Å². The van der Waals surface area contributed by atoms with Gasteiger partial charge in [0.2, 0.25) is 11.9 Å². The Labute approximate surface area is 210 Å². The van der Waals surface area contributed by atoms with Crippen LogP contribution in [0.25, 0.3) is 0 Å². The van der Waals surface area contributed by atoms with Crippen molar-refractivity contribution in [2.45, 2.75) is 48.7 Å². The molecule has 0 spiro atoms. The fraction of sp³-hybridized carbons (Fsp3) is 0.480. The molecule has 184 valence electrons. The molecule has 0 radical (unpaired) electrons. The molecule has 2 aliphatic heterocycles. The average molecular weight is 493 g/mol. The smallest absolute Gasteiger partial charge is 0.251 e. The Morgan fingerprint density at radius 1 is 1.09 bits per heavy atom. The van der Waals surface area contributed by atoms with Gasteiger partial charge in [0, 0.05) is 42.7 Å². The molecule has 5 rings (SSSR count). The molecule has 1 amide bonds. The topological polar surface area (TPSA) is 98.6 Å². The van der Waals surface area contributed by atoms with Gasteiger partial charge in [-0.1, -0.05) is 13.3 Å². The SMILES string of the molecule is CCCC1=CC(Nc2nc(Sc3ccc(C(=O)NC4CC4)cc3)nc(N3CCN(C)CC3)n2)=NC1. The summed E-state index contributed by atoms with van der Waals surface area (Å²) in [4.78, 5) is 36.6. The Balaban J connectivity index is 1.34. The Morgan fingerprint density at radius 3 is 2.57 bits per heavy atom. The van der Waals surface area contributed by atoms with E-state index in [1.54, 1.807) is 0 Å². The number of carbonyl (C=O) groups excluding carboxylic acids is 1. The van der Waals surface area contributed by atoms with Gasteiger partial charge in [0.05, 0.1) is 6.54 Å². The van der Waals surface area contributed by atoms with Gasteiger partial charge in [-0.05, 0) is 74.0 Å². The highest BCUT2D eigenvalue weighted by Gasteiger charge is 2.24. The summed E-state index contributed by atoms with van der Waals surface area (Å²) in [5, 5.41) is 6.94. The minimum atomic E-state index is -0.0131. The van der Waals surface area contributed by atoms with Crippen molar-refractivity contribution in [3.05, 3.63) is 41.5 Å². The molecule has 2 N–H and O–H groups in total. The van der Waals surface area contributed by atoms with Crippen LogP contribution in [0.2, 0.25) is 0 Å². The number of nitrogens with zero attached hydrogens (tertiary/aromatic N) is 6. The predicted octanol–water partition coefficient (Wildman–Crippen LogP) is 3.22. The molecule has 3 heterocycles. The molecule has 0 atom stereocenters. The number of hydrogen-bond donors (Lipinski definition) is 2. The number of nitrogens with one attached hydrogen (secondary N) is 2. The third kappa shape index (κ3) is 6.37. The molecule has 35 heavy (non-hydrogen) atoms. The second kappa shape index (κ2) is 10.7. The first-order chi connectivity index (χ1) is 17.1. The molecule has 2 fully saturated rings. The molecular formula is C25H32N8OS. The normalized spacial score (nSPS) is 18.3. The number of rotatable bonds is 8. The van der Waals surface area contributed by atoms with E-state index in [1.807, 2.05) is 24.3 Å². The molecule has 1 saturated heterocycles. The van der Waals surface area contributed by atoms with Crippen molar-refractivity contribution in [2.24, 2.45) is 4.99 Å². The van der Waals surface area contributed by atoms with Crippen LogP contribution in [0.5, 0.6) is 0 Å². The van der Waals surface area contributed by atoms with Crippen LogP contribution >= 0.6 is 11.8 Å². The number of likely N-dealkylation sites (N-methyl/N-ethyl adjacent to an activating group) is 1. The predicted molar refractivity (Wildman–Crippen MR) is 140 cm³/mol. The number of aromatic nitrogens is 3. The lowest BCUT2D eigenvalue weighted by atomic mass is 10.1. The van der Waals surface area contributed by atoms with Crippen LogP contribution in [-0.2, 0) is 0 Å². The van der Waals surface area contributed by atoms with Crippen molar-refractivity contribution >= 4 is 35.4 Å². The summed E-state index contributed by atoms with van der Waals surface area (Å²) in [6.07, 6.45) is 6.41. The monoisotopic (exact) mass is 492 g/mol.